The highest BCUT2D eigenvalue weighted by molar-refractivity contribution is 5.80. The first-order valence-corrected chi connectivity index (χ1v) is 8.18. The van der Waals surface area contributed by atoms with Crippen molar-refractivity contribution in [2.24, 2.45) is 0 Å². The molecule has 2 aromatic carbocycles. The molecule has 0 aliphatic heterocycles. The summed E-state index contributed by atoms with van der Waals surface area (Å²) in [6.45, 7) is 0. The van der Waals surface area contributed by atoms with Crippen molar-refractivity contribution in [1.82, 2.24) is 0 Å². The van der Waals surface area contributed by atoms with Crippen LogP contribution in [0.2, 0.25) is 0 Å². The maximum absolute atomic E-state index is 10.7. The van der Waals surface area contributed by atoms with Crippen LogP contribution in [-0.2, 0) is 0 Å². The molecule has 3 aromatic rings. The highest BCUT2D eigenvalue weighted by atomic mass is 35.7. The molecule has 0 aliphatic rings. The Hall–Kier alpha value is -2.82. The fourth-order valence-electron chi connectivity index (χ4n) is 2.10. The van der Waals surface area contributed by atoms with Crippen molar-refractivity contribution >= 4 is 16.7 Å². The van der Waals surface area contributed by atoms with Crippen LogP contribution in [0.3, 0.4) is 0 Å². The van der Waals surface area contributed by atoms with Crippen molar-refractivity contribution in [3.63, 3.8) is 0 Å². The van der Waals surface area contributed by atoms with Gasteiger partial charge >= 0.3 is 11.3 Å². The van der Waals surface area contributed by atoms with E-state index in [1.54, 1.807) is 19.2 Å². The largest absolute Gasteiger partial charge is 0.497 e. The van der Waals surface area contributed by atoms with Crippen LogP contribution in [0.1, 0.15) is 0 Å². The van der Waals surface area contributed by atoms with Crippen molar-refractivity contribution < 1.29 is 43.0 Å². The molecule has 10 heteroatoms. The van der Waals surface area contributed by atoms with Crippen LogP contribution in [0.4, 0.5) is 5.69 Å². The first-order chi connectivity index (χ1) is 12.2. The van der Waals surface area contributed by atoms with E-state index in [1.165, 1.54) is 12.1 Å². The summed E-state index contributed by atoms with van der Waals surface area (Å²) < 4.78 is 45.0. The minimum absolute atomic E-state index is 0.0595. The average Bonchev–Trinajstić information content (AvgIpc) is 2.59. The van der Waals surface area contributed by atoms with E-state index >= 15 is 0 Å². The zero-order valence-electron chi connectivity index (χ0n) is 13.3. The van der Waals surface area contributed by atoms with Gasteiger partial charge in [0.05, 0.1) is 23.0 Å². The van der Waals surface area contributed by atoms with E-state index in [1.807, 2.05) is 30.3 Å². The molecule has 0 saturated heterocycles. The Kier molecular flexibility index (Phi) is 6.03. The van der Waals surface area contributed by atoms with Gasteiger partial charge in [-0.2, -0.15) is 0 Å². The van der Waals surface area contributed by atoms with Gasteiger partial charge in [-0.15, -0.1) is 10.2 Å². The summed E-state index contributed by atoms with van der Waals surface area (Å²) in [6.07, 6.45) is 0. The number of hydrogen-bond acceptors (Lipinski definition) is 7. The van der Waals surface area contributed by atoms with Gasteiger partial charge in [0.15, 0.2) is 0 Å². The molecule has 0 saturated carbocycles. The van der Waals surface area contributed by atoms with Gasteiger partial charge in [-0.05, 0) is 30.3 Å². The lowest BCUT2D eigenvalue weighted by Gasteiger charge is -2.17. The Balaban J connectivity index is 0.000000431. The molecular formula is C16H12ClNO8. The molecule has 1 aromatic heterocycles. The topological polar surface area (TPSA) is 156 Å². The van der Waals surface area contributed by atoms with Gasteiger partial charge in [0.2, 0.25) is 0 Å². The first-order valence-electron chi connectivity index (χ1n) is 6.95. The Bertz CT molecular complexity index is 902. The summed E-state index contributed by atoms with van der Waals surface area (Å²) in [5.74, 6) is 1.42. The number of non-ortho nitro benzene ring substituents is 1. The second-order valence-corrected chi connectivity index (χ2v) is 5.64. The standard InChI is InChI=1S/C16H12NO4.ClHO4/c1-20-14-7-9-16-12(10-14)4-8-15(21-16)11-2-5-13(6-3-11)17(18)19;2-1(3,4)5/h2-10H,1H3;(H,2,3,4,5)/q+1;/p-1. The van der Waals surface area contributed by atoms with E-state index in [9.17, 15) is 10.1 Å². The fourth-order valence-corrected chi connectivity index (χ4v) is 2.10. The Morgan fingerprint density at radius 1 is 0.962 bits per heavy atom. The molecular weight excluding hydrogens is 370 g/mol. The number of hydrogen-bond donors (Lipinski definition) is 0. The summed E-state index contributed by atoms with van der Waals surface area (Å²) >= 11 is 0. The number of fused-ring (bicyclic) bond motifs is 1. The molecule has 0 aliphatic carbocycles. The zero-order valence-corrected chi connectivity index (χ0v) is 14.0. The number of benzene rings is 2. The van der Waals surface area contributed by atoms with Crippen LogP contribution in [-0.4, -0.2) is 12.0 Å². The lowest BCUT2D eigenvalue weighted by Crippen LogP contribution is -2.68. The van der Waals surface area contributed by atoms with Crippen LogP contribution in [0.5, 0.6) is 5.75 Å². The molecule has 0 radical (unpaired) electrons. The Labute approximate surface area is 149 Å². The van der Waals surface area contributed by atoms with Gasteiger partial charge in [-0.3, -0.25) is 10.1 Å². The lowest BCUT2D eigenvalue weighted by atomic mass is 10.1. The van der Waals surface area contributed by atoms with Crippen LogP contribution >= 0.6 is 0 Å². The number of nitro benzene ring substituents is 1. The van der Waals surface area contributed by atoms with Crippen molar-refractivity contribution in [2.75, 3.05) is 7.11 Å². The highest BCUT2D eigenvalue weighted by Crippen LogP contribution is 2.28. The summed E-state index contributed by atoms with van der Waals surface area (Å²) in [6, 6.07) is 15.6. The number of ether oxygens (including phenoxy) is 1. The zero-order chi connectivity index (χ0) is 19.3. The van der Waals surface area contributed by atoms with E-state index in [0.717, 1.165) is 22.3 Å². The van der Waals surface area contributed by atoms with E-state index in [-0.39, 0.29) is 5.69 Å². The third-order valence-electron chi connectivity index (χ3n) is 3.21. The van der Waals surface area contributed by atoms with E-state index in [4.69, 9.17) is 27.8 Å². The van der Waals surface area contributed by atoms with Crippen LogP contribution < -0.4 is 23.4 Å². The minimum Gasteiger partial charge on any atom is -0.497 e. The lowest BCUT2D eigenvalue weighted by molar-refractivity contribution is -2.00. The summed E-state index contributed by atoms with van der Waals surface area (Å²) in [4.78, 5) is 10.2. The Morgan fingerprint density at radius 2 is 1.58 bits per heavy atom. The normalized spacial score (nSPS) is 10.8. The maximum atomic E-state index is 10.7. The molecule has 0 fully saturated rings. The molecule has 0 spiro atoms. The monoisotopic (exact) mass is 381 g/mol. The van der Waals surface area contributed by atoms with Crippen molar-refractivity contribution in [3.8, 4) is 17.1 Å². The van der Waals surface area contributed by atoms with Crippen LogP contribution in [0.25, 0.3) is 22.3 Å². The Morgan fingerprint density at radius 3 is 2.12 bits per heavy atom. The highest BCUT2D eigenvalue weighted by Gasteiger charge is 2.16. The van der Waals surface area contributed by atoms with Crippen molar-refractivity contribution in [2.45, 2.75) is 0 Å². The molecule has 136 valence electrons. The number of methoxy groups -OCH3 is 1. The maximum Gasteiger partial charge on any atom is 0.361 e. The molecule has 0 amide bonds. The number of halogens is 1. The van der Waals surface area contributed by atoms with E-state index in [2.05, 4.69) is 0 Å². The van der Waals surface area contributed by atoms with Gasteiger partial charge in [0.1, 0.15) is 5.75 Å². The van der Waals surface area contributed by atoms with Crippen LogP contribution in [0.15, 0.2) is 59.0 Å². The first kappa shape index (κ1) is 19.5. The van der Waals surface area contributed by atoms with Gasteiger partial charge in [-0.25, -0.2) is 23.1 Å². The number of rotatable bonds is 3. The molecule has 0 bridgehead atoms. The minimum atomic E-state index is -4.94. The van der Waals surface area contributed by atoms with E-state index < -0.39 is 15.2 Å². The summed E-state index contributed by atoms with van der Waals surface area (Å²) in [7, 11) is -3.33. The predicted molar refractivity (Wildman–Crippen MR) is 79.3 cm³/mol. The number of nitro groups is 1. The van der Waals surface area contributed by atoms with Crippen molar-refractivity contribution in [3.05, 3.63) is 64.7 Å². The van der Waals surface area contributed by atoms with Crippen molar-refractivity contribution in [1.29, 1.82) is 0 Å². The molecule has 26 heavy (non-hydrogen) atoms. The second-order valence-electron chi connectivity index (χ2n) is 4.89. The van der Waals surface area contributed by atoms with Gasteiger partial charge in [0, 0.05) is 24.3 Å². The average molecular weight is 382 g/mol. The number of nitrogens with zero attached hydrogens (tertiary/aromatic N) is 1. The van der Waals surface area contributed by atoms with Gasteiger partial charge in [0.25, 0.3) is 5.69 Å². The fraction of sp³-hybridized carbons (Fsp3) is 0.0625. The van der Waals surface area contributed by atoms with Gasteiger partial charge in [-0.1, -0.05) is 0 Å². The van der Waals surface area contributed by atoms with Gasteiger partial charge < -0.3 is 4.74 Å². The molecule has 0 atom stereocenters. The third-order valence-corrected chi connectivity index (χ3v) is 3.21. The summed E-state index contributed by atoms with van der Waals surface area (Å²) in [5, 5.41) is 11.6. The molecule has 9 nitrogen and oxygen atoms in total. The smallest absolute Gasteiger partial charge is 0.361 e. The summed E-state index contributed by atoms with van der Waals surface area (Å²) in [5.41, 5.74) is 1.58. The molecule has 1 heterocycles. The SMILES string of the molecule is COc1ccc2[o+]c(-c3ccc([N+](=O)[O-])cc3)ccc2c1.[O-][Cl+3]([O-])([O-])[O-]. The van der Waals surface area contributed by atoms with E-state index in [0.29, 0.717) is 5.76 Å². The second kappa shape index (κ2) is 8.04. The molecule has 3 rings (SSSR count). The molecule has 0 N–H and O–H groups in total. The third kappa shape index (κ3) is 5.62. The quantitative estimate of drug-likeness (QED) is 0.335. The molecule has 0 unspecified atom stereocenters. The predicted octanol–water partition coefficient (Wildman–Crippen LogP) is -0.458. The van der Waals surface area contributed by atoms with Crippen LogP contribution in [0, 0.1) is 20.4 Å².